The van der Waals surface area contributed by atoms with Gasteiger partial charge in [-0.2, -0.15) is 4.57 Å². The van der Waals surface area contributed by atoms with Gasteiger partial charge in [-0.3, -0.25) is 4.98 Å². The fourth-order valence-electron chi connectivity index (χ4n) is 7.23. The number of halogens is 20. The molecule has 5 aromatic carbocycles. The molecule has 1 aromatic heterocycles. The Bertz CT molecular complexity index is 2460. The highest BCUT2D eigenvalue weighted by Gasteiger charge is 2.52. The fraction of sp³-hybridized carbons (Fsp3) is 0.163. The highest BCUT2D eigenvalue weighted by atomic mass is 19.2. The molecule has 0 spiro atoms. The van der Waals surface area contributed by atoms with Crippen molar-refractivity contribution in [1.82, 2.24) is 4.98 Å². The zero-order valence-electron chi connectivity index (χ0n) is 33.0. The van der Waals surface area contributed by atoms with Crippen molar-refractivity contribution in [3.63, 3.8) is 0 Å². The van der Waals surface area contributed by atoms with Crippen LogP contribution in [0.3, 0.4) is 0 Å². The van der Waals surface area contributed by atoms with E-state index in [2.05, 4.69) is 59.0 Å². The van der Waals surface area contributed by atoms with Crippen LogP contribution in [0.15, 0.2) is 55.0 Å². The van der Waals surface area contributed by atoms with Crippen LogP contribution in [0.4, 0.5) is 87.8 Å². The van der Waals surface area contributed by atoms with Crippen LogP contribution in [0.25, 0.3) is 6.08 Å². The van der Waals surface area contributed by atoms with Crippen molar-refractivity contribution in [2.45, 2.75) is 45.6 Å². The third kappa shape index (κ3) is 8.82. The summed E-state index contributed by atoms with van der Waals surface area (Å²) < 4.78 is 296. The van der Waals surface area contributed by atoms with Crippen LogP contribution in [-0.2, 0) is 6.54 Å². The molecule has 350 valence electrons. The highest BCUT2D eigenvalue weighted by molar-refractivity contribution is 7.20. The maximum Gasteiger partial charge on any atom is 0.223 e. The van der Waals surface area contributed by atoms with Crippen LogP contribution in [0.2, 0.25) is 0 Å². The largest absolute Gasteiger partial charge is 0.252 e. The molecule has 0 radical (unpaired) electrons. The van der Waals surface area contributed by atoms with E-state index in [9.17, 15) is 52.7 Å². The van der Waals surface area contributed by atoms with Gasteiger partial charge >= 0.3 is 0 Å². The Balaban J connectivity index is 0.000000324. The van der Waals surface area contributed by atoms with Crippen LogP contribution in [0.5, 0.6) is 0 Å². The first kappa shape index (κ1) is 50.6. The lowest BCUT2D eigenvalue weighted by Crippen LogP contribution is -2.81. The van der Waals surface area contributed by atoms with E-state index >= 15 is 35.1 Å². The van der Waals surface area contributed by atoms with E-state index in [4.69, 9.17) is 0 Å². The molecular weight excluding hydrogens is 935 g/mol. The topological polar surface area (TPSA) is 16.8 Å². The molecule has 66 heavy (non-hydrogen) atoms. The van der Waals surface area contributed by atoms with Gasteiger partial charge in [0.15, 0.2) is 82.5 Å². The molecule has 0 saturated carbocycles. The Morgan fingerprint density at radius 1 is 0.439 bits per heavy atom. The zero-order valence-corrected chi connectivity index (χ0v) is 33.0. The van der Waals surface area contributed by atoms with Gasteiger partial charge in [0, 0.05) is 11.6 Å². The SMILES string of the molecule is CCCCCCC=Cc1cncc[n+]1Cc1ccccc1.Fc1c(F)c(F)c([B-](c2c(F)c(F)c(F)c(F)c2F)(c2c(F)c(F)c(F)c(F)c2F)c2c(F)c(F)c(F)c(F)c2F)c(F)c1F. The molecule has 0 N–H and O–H groups in total. The molecule has 6 rings (SSSR count). The van der Waals surface area contributed by atoms with Gasteiger partial charge in [-0.1, -0.05) is 62.6 Å². The van der Waals surface area contributed by atoms with Gasteiger partial charge < -0.3 is 0 Å². The van der Waals surface area contributed by atoms with Crippen molar-refractivity contribution in [3.05, 3.63) is 183 Å². The molecule has 0 aliphatic carbocycles. The van der Waals surface area contributed by atoms with Gasteiger partial charge in [-0.05, 0) is 12.8 Å². The van der Waals surface area contributed by atoms with Gasteiger partial charge in [0.05, 0.1) is 12.4 Å². The minimum atomic E-state index is -7.22. The number of allylic oxidation sites excluding steroid dienone is 1. The molecule has 0 atom stereocenters. The molecule has 2 nitrogen and oxygen atoms in total. The van der Waals surface area contributed by atoms with Crippen molar-refractivity contribution in [1.29, 1.82) is 0 Å². The summed E-state index contributed by atoms with van der Waals surface area (Å²) in [4.78, 5) is 4.24. The summed E-state index contributed by atoms with van der Waals surface area (Å²) in [5, 5.41) is 0. The van der Waals surface area contributed by atoms with E-state index < -0.39 is 144 Å². The minimum absolute atomic E-state index is 0.888. The molecule has 0 saturated heterocycles. The summed E-state index contributed by atoms with van der Waals surface area (Å²) in [5.74, 6) is -71.4. The molecule has 0 aliphatic rings. The van der Waals surface area contributed by atoms with Crippen molar-refractivity contribution in [2.75, 3.05) is 0 Å². The second-order valence-corrected chi connectivity index (χ2v) is 14.2. The van der Waals surface area contributed by atoms with E-state index in [1.165, 1.54) is 31.2 Å². The average molecular weight is 960 g/mol. The Morgan fingerprint density at radius 2 is 0.773 bits per heavy atom. The molecule has 0 amide bonds. The monoisotopic (exact) mass is 960 g/mol. The number of hydrogen-bond acceptors (Lipinski definition) is 1. The minimum Gasteiger partial charge on any atom is -0.252 e. The second kappa shape index (κ2) is 20.4. The predicted octanol–water partition coefficient (Wildman–Crippen LogP) is 10.2. The quantitative estimate of drug-likeness (QED) is 0.0298. The fourth-order valence-corrected chi connectivity index (χ4v) is 7.23. The number of aromatic nitrogens is 2. The van der Waals surface area contributed by atoms with Crippen molar-refractivity contribution in [2.24, 2.45) is 0 Å². The lowest BCUT2D eigenvalue weighted by Gasteiger charge is -2.44. The van der Waals surface area contributed by atoms with E-state index in [1.807, 2.05) is 18.6 Å². The molecular formula is C43H25BF20N2. The summed E-state index contributed by atoms with van der Waals surface area (Å²) in [6.07, 6.45) is 9.48. The first-order valence-electron chi connectivity index (χ1n) is 18.9. The number of unbranched alkanes of at least 4 members (excludes halogenated alkanes) is 4. The van der Waals surface area contributed by atoms with Gasteiger partial charge in [0.2, 0.25) is 5.69 Å². The molecule has 1 heterocycles. The Labute approximate surface area is 359 Å². The van der Waals surface area contributed by atoms with E-state index in [0.717, 1.165) is 18.7 Å². The van der Waals surface area contributed by atoms with E-state index in [1.54, 1.807) is 0 Å². The smallest absolute Gasteiger partial charge is 0.223 e. The van der Waals surface area contributed by atoms with Gasteiger partial charge in [-0.25, -0.2) is 87.8 Å². The summed E-state index contributed by atoms with van der Waals surface area (Å²) in [6.45, 7) is 3.14. The van der Waals surface area contributed by atoms with E-state index in [0.29, 0.717) is 0 Å². The molecule has 0 aliphatic heterocycles. The summed E-state index contributed by atoms with van der Waals surface area (Å²) in [7, 11) is 0. The van der Waals surface area contributed by atoms with Crippen LogP contribution < -0.4 is 26.4 Å². The third-order valence-electron chi connectivity index (χ3n) is 10.3. The second-order valence-electron chi connectivity index (χ2n) is 14.2. The average Bonchev–Trinajstić information content (AvgIpc) is 3.31. The summed E-state index contributed by atoms with van der Waals surface area (Å²) >= 11 is 0. The van der Waals surface area contributed by atoms with Gasteiger partial charge in [0.25, 0.3) is 0 Å². The van der Waals surface area contributed by atoms with Crippen LogP contribution >= 0.6 is 0 Å². The lowest BCUT2D eigenvalue weighted by atomic mass is 9.12. The summed E-state index contributed by atoms with van der Waals surface area (Å²) in [5.41, 5.74) is -11.9. The maximum absolute atomic E-state index is 15.4. The zero-order chi connectivity index (χ0) is 49.1. The van der Waals surface area contributed by atoms with Gasteiger partial charge in [0.1, 0.15) is 52.7 Å². The number of hydrogen-bond donors (Lipinski definition) is 0. The number of nitrogens with zero attached hydrogens (tertiary/aromatic N) is 2. The molecule has 0 bridgehead atoms. The van der Waals surface area contributed by atoms with Crippen molar-refractivity contribution < 1.29 is 92.4 Å². The molecule has 6 aromatic rings. The Hall–Kier alpha value is -6.42. The normalized spacial score (nSPS) is 11.7. The molecule has 23 heteroatoms. The predicted molar refractivity (Wildman–Crippen MR) is 197 cm³/mol. The molecule has 0 unspecified atom stereocenters. The first-order valence-corrected chi connectivity index (χ1v) is 18.9. The highest BCUT2D eigenvalue weighted by Crippen LogP contribution is 2.31. The summed E-state index contributed by atoms with van der Waals surface area (Å²) in [6, 6.07) is 10.5. The van der Waals surface area contributed by atoms with Crippen LogP contribution in [0, 0.1) is 116 Å². The lowest BCUT2D eigenvalue weighted by molar-refractivity contribution is -0.690. The van der Waals surface area contributed by atoms with Crippen molar-refractivity contribution in [3.8, 4) is 0 Å². The van der Waals surface area contributed by atoms with Crippen molar-refractivity contribution >= 4 is 34.1 Å². The first-order chi connectivity index (χ1) is 31.1. The number of benzene rings is 5. The van der Waals surface area contributed by atoms with Crippen LogP contribution in [0.1, 0.15) is 50.3 Å². The molecule has 0 fully saturated rings. The third-order valence-corrected chi connectivity index (χ3v) is 10.3. The number of rotatable bonds is 12. The Kier molecular flexibility index (Phi) is 15.6. The standard InChI is InChI=1S/C24BF20.C19H25N2/c26-5-1(6(27)14(35)21(42)13(5)34)25(2-7(28)15(36)22(43)16(37)8(2)29,3-9(30)17(38)23(44)18(39)10(3)31)4-11(32)19(40)24(45)20(41)12(4)33;1-2-3-4-5-6-10-13-19-16-20-14-15-21(19)17-18-11-8-7-9-12-18/h;7-16H,2-6,17H2,1H3/q-1;+1. The van der Waals surface area contributed by atoms with E-state index in [-0.39, 0.29) is 0 Å². The van der Waals surface area contributed by atoms with Gasteiger partial charge in [-0.15, -0.1) is 21.9 Å². The Morgan fingerprint density at radius 3 is 1.11 bits per heavy atom. The van der Waals surface area contributed by atoms with Crippen LogP contribution in [-0.4, -0.2) is 11.1 Å². The maximum atomic E-state index is 15.4.